The van der Waals surface area contributed by atoms with Gasteiger partial charge in [0.05, 0.1) is 55.5 Å². The highest BCUT2D eigenvalue weighted by molar-refractivity contribution is 5.99. The molecular formula is C47H29N7. The Morgan fingerprint density at radius 3 is 1.87 bits per heavy atom. The summed E-state index contributed by atoms with van der Waals surface area (Å²) in [6.45, 7) is 0. The molecule has 12 aromatic rings. The Kier molecular flexibility index (Phi) is 5.93. The van der Waals surface area contributed by atoms with Gasteiger partial charge in [0.1, 0.15) is 5.65 Å². The smallest absolute Gasteiger partial charge is 0.237 e. The lowest BCUT2D eigenvalue weighted by Gasteiger charge is -2.12. The van der Waals surface area contributed by atoms with Crippen molar-refractivity contribution in [2.24, 2.45) is 0 Å². The summed E-state index contributed by atoms with van der Waals surface area (Å²) in [5.74, 6) is 1.50. The van der Waals surface area contributed by atoms with E-state index in [4.69, 9.17) is 15.0 Å². The molecule has 0 aliphatic rings. The van der Waals surface area contributed by atoms with Gasteiger partial charge < -0.3 is 0 Å². The van der Waals surface area contributed by atoms with Crippen molar-refractivity contribution < 1.29 is 0 Å². The van der Waals surface area contributed by atoms with E-state index < -0.39 is 0 Å². The van der Waals surface area contributed by atoms with Crippen molar-refractivity contribution in [1.29, 1.82) is 0 Å². The highest BCUT2D eigenvalue weighted by Gasteiger charge is 2.22. The number of hydrogen-bond donors (Lipinski definition) is 0. The summed E-state index contributed by atoms with van der Waals surface area (Å²) >= 11 is 0. The molecule has 0 atom stereocenters. The van der Waals surface area contributed by atoms with E-state index >= 15 is 0 Å². The molecule has 0 bridgehead atoms. The normalized spacial score (nSPS) is 12.1. The Labute approximate surface area is 308 Å². The van der Waals surface area contributed by atoms with Gasteiger partial charge in [-0.25, -0.2) is 15.0 Å². The number of imidazole rings is 3. The van der Waals surface area contributed by atoms with E-state index in [1.807, 2.05) is 18.2 Å². The van der Waals surface area contributed by atoms with Crippen molar-refractivity contribution in [3.05, 3.63) is 176 Å². The molecule has 5 heterocycles. The van der Waals surface area contributed by atoms with Crippen LogP contribution >= 0.6 is 0 Å². The molecule has 7 nitrogen and oxygen atoms in total. The van der Waals surface area contributed by atoms with Gasteiger partial charge in [-0.15, -0.1) is 0 Å². The van der Waals surface area contributed by atoms with E-state index in [-0.39, 0.29) is 0 Å². The first-order valence-electron chi connectivity index (χ1n) is 18.1. The largest absolute Gasteiger partial charge is 0.293 e. The van der Waals surface area contributed by atoms with Crippen LogP contribution < -0.4 is 0 Å². The van der Waals surface area contributed by atoms with Gasteiger partial charge in [-0.1, -0.05) is 115 Å². The minimum absolute atomic E-state index is 0.625. The van der Waals surface area contributed by atoms with Crippen LogP contribution in [0.5, 0.6) is 0 Å². The first-order valence-corrected chi connectivity index (χ1v) is 18.1. The molecule has 0 saturated carbocycles. The quantitative estimate of drug-likeness (QED) is 0.185. The van der Waals surface area contributed by atoms with Crippen LogP contribution in [0.2, 0.25) is 0 Å². The molecule has 0 amide bonds. The van der Waals surface area contributed by atoms with Gasteiger partial charge in [-0.2, -0.15) is 0 Å². The number of nitrogens with zero attached hydrogens (tertiary/aromatic N) is 7. The third-order valence-electron chi connectivity index (χ3n) is 10.8. The van der Waals surface area contributed by atoms with Crippen molar-refractivity contribution in [3.8, 4) is 34.0 Å². The Morgan fingerprint density at radius 2 is 1.02 bits per heavy atom. The summed E-state index contributed by atoms with van der Waals surface area (Å²) in [6.07, 6.45) is 0. The summed E-state index contributed by atoms with van der Waals surface area (Å²) in [6, 6.07) is 61.8. The zero-order valence-electron chi connectivity index (χ0n) is 28.9. The summed E-state index contributed by atoms with van der Waals surface area (Å²) in [5, 5.41) is 2.17. The first-order chi connectivity index (χ1) is 26.8. The molecule has 0 unspecified atom stereocenters. The van der Waals surface area contributed by atoms with Gasteiger partial charge in [0.25, 0.3) is 0 Å². The number of aromatic nitrogens is 7. The maximum absolute atomic E-state index is 5.38. The topological polar surface area (TPSA) is 57.3 Å². The van der Waals surface area contributed by atoms with E-state index in [0.29, 0.717) is 5.95 Å². The summed E-state index contributed by atoms with van der Waals surface area (Å²) in [4.78, 5) is 15.8. The fraction of sp³-hybridized carbons (Fsp3) is 0. The van der Waals surface area contributed by atoms with Crippen molar-refractivity contribution in [1.82, 2.24) is 32.9 Å². The fourth-order valence-electron chi connectivity index (χ4n) is 8.35. The second kappa shape index (κ2) is 11.0. The number of para-hydroxylation sites is 6. The molecule has 0 radical (unpaired) electrons. The van der Waals surface area contributed by atoms with Crippen molar-refractivity contribution in [2.45, 2.75) is 0 Å². The van der Waals surface area contributed by atoms with E-state index in [1.54, 1.807) is 0 Å². The van der Waals surface area contributed by atoms with Crippen LogP contribution in [0.15, 0.2) is 176 Å². The summed E-state index contributed by atoms with van der Waals surface area (Å²) in [7, 11) is 0. The molecular weight excluding hydrogens is 663 g/mol. The molecule has 0 fully saturated rings. The van der Waals surface area contributed by atoms with Crippen molar-refractivity contribution in [2.75, 3.05) is 0 Å². The lowest BCUT2D eigenvalue weighted by molar-refractivity contribution is 1.00. The molecule has 7 heteroatoms. The molecule has 12 rings (SSSR count). The predicted molar refractivity (Wildman–Crippen MR) is 219 cm³/mol. The number of fused-ring (bicyclic) bond motifs is 11. The van der Waals surface area contributed by atoms with Gasteiger partial charge in [-0.3, -0.25) is 17.9 Å². The Bertz CT molecular complexity index is 3440. The number of hydrogen-bond acceptors (Lipinski definition) is 3. The third kappa shape index (κ3) is 4.09. The molecule has 252 valence electrons. The highest BCUT2D eigenvalue weighted by atomic mass is 15.2. The van der Waals surface area contributed by atoms with Gasteiger partial charge in [0, 0.05) is 16.3 Å². The predicted octanol–water partition coefficient (Wildman–Crippen LogP) is 11.1. The van der Waals surface area contributed by atoms with E-state index in [9.17, 15) is 0 Å². The van der Waals surface area contributed by atoms with Crippen LogP contribution in [0.1, 0.15) is 0 Å². The molecule has 5 aromatic heterocycles. The second-order valence-electron chi connectivity index (χ2n) is 13.8. The minimum atomic E-state index is 0.625. The Hall–Kier alpha value is -7.51. The summed E-state index contributed by atoms with van der Waals surface area (Å²) in [5.41, 5.74) is 14.7. The maximum Gasteiger partial charge on any atom is 0.237 e. The lowest BCUT2D eigenvalue weighted by Crippen LogP contribution is -2.03. The molecule has 0 saturated heterocycles. The van der Waals surface area contributed by atoms with Gasteiger partial charge in [-0.05, 0) is 71.8 Å². The minimum Gasteiger partial charge on any atom is -0.293 e. The highest BCUT2D eigenvalue weighted by Crippen LogP contribution is 2.36. The maximum atomic E-state index is 5.38. The number of rotatable bonds is 4. The zero-order valence-corrected chi connectivity index (χ0v) is 28.9. The first kappa shape index (κ1) is 29.1. The molecule has 0 N–H and O–H groups in total. The molecule has 7 aromatic carbocycles. The fourth-order valence-corrected chi connectivity index (χ4v) is 8.35. The second-order valence-corrected chi connectivity index (χ2v) is 13.8. The van der Waals surface area contributed by atoms with Gasteiger partial charge >= 0.3 is 0 Å². The average Bonchev–Trinajstić information content (AvgIpc) is 3.97. The van der Waals surface area contributed by atoms with E-state index in [1.165, 1.54) is 11.1 Å². The van der Waals surface area contributed by atoms with Crippen molar-refractivity contribution >= 4 is 66.3 Å². The van der Waals surface area contributed by atoms with Crippen molar-refractivity contribution in [3.63, 3.8) is 0 Å². The third-order valence-corrected chi connectivity index (χ3v) is 10.8. The van der Waals surface area contributed by atoms with Crippen LogP contribution in [0, 0.1) is 0 Å². The summed E-state index contributed by atoms with van der Waals surface area (Å²) < 4.78 is 9.08. The van der Waals surface area contributed by atoms with Gasteiger partial charge in [0.15, 0.2) is 0 Å². The van der Waals surface area contributed by atoms with Crippen LogP contribution in [0.25, 0.3) is 100 Å². The molecule has 0 aliphatic carbocycles. The van der Waals surface area contributed by atoms with Crippen LogP contribution in [0.4, 0.5) is 0 Å². The number of benzene rings is 7. The molecule has 0 aliphatic heterocycles. The Balaban J connectivity index is 1.12. The van der Waals surface area contributed by atoms with Crippen LogP contribution in [-0.4, -0.2) is 32.9 Å². The van der Waals surface area contributed by atoms with Crippen LogP contribution in [0.3, 0.4) is 0 Å². The van der Waals surface area contributed by atoms with E-state index in [0.717, 1.165) is 83.3 Å². The standard InChI is InChI=1S/C47H29N7/c1-2-12-30(13-3-1)31-22-24-32(25-23-31)45-35-15-5-6-16-36(35)48-46(50-45)54-42-27-26-34(29-43(42)52-38-18-8-4-14-33(38)28-44(52)54)51-40-20-10-11-21-41(40)53-39-19-9-7-17-37(39)49-47(51)53/h1-29H. The van der Waals surface area contributed by atoms with Gasteiger partial charge in [0.2, 0.25) is 11.7 Å². The molecule has 0 spiro atoms. The lowest BCUT2D eigenvalue weighted by atomic mass is 10.0. The molecule has 54 heavy (non-hydrogen) atoms. The monoisotopic (exact) mass is 691 g/mol. The van der Waals surface area contributed by atoms with Crippen LogP contribution in [-0.2, 0) is 0 Å². The zero-order chi connectivity index (χ0) is 35.3. The average molecular weight is 692 g/mol. The Morgan fingerprint density at radius 1 is 0.370 bits per heavy atom. The van der Waals surface area contributed by atoms with E-state index in [2.05, 4.69) is 176 Å². The SMILES string of the molecule is c1ccc(-c2ccc(-c3nc(-n4c5ccc(-n6c7ccccc7n7c8ccccc8nc67)cc5n5c6ccccc6cc45)nc4ccccc34)cc2)cc1.